The molecule has 2 heteroatoms. The summed E-state index contributed by atoms with van der Waals surface area (Å²) in [5.41, 5.74) is 12.6. The molecule has 0 aliphatic heterocycles. The van der Waals surface area contributed by atoms with E-state index in [9.17, 15) is 4.79 Å². The quantitative estimate of drug-likeness (QED) is 0.863. The molecule has 0 spiro atoms. The average Bonchev–Trinajstić information content (AvgIpc) is 2.45. The Hall–Kier alpha value is -1.93. The minimum absolute atomic E-state index is 0.0929. The van der Waals surface area contributed by atoms with Crippen LogP contribution in [0, 0.1) is 27.7 Å². The van der Waals surface area contributed by atoms with E-state index in [2.05, 4.69) is 19.9 Å². The van der Waals surface area contributed by atoms with Gasteiger partial charge in [0.15, 0.2) is 5.78 Å². The van der Waals surface area contributed by atoms with Crippen molar-refractivity contribution < 1.29 is 4.79 Å². The molecule has 0 radical (unpaired) electrons. The van der Waals surface area contributed by atoms with Crippen molar-refractivity contribution in [3.63, 3.8) is 0 Å². The second kappa shape index (κ2) is 5.59. The SMILES string of the molecule is Cc1cc(C)c(C)c(C(=O)c2ccc(CN)cc2)c1C. The predicted octanol–water partition coefficient (Wildman–Crippen LogP) is 3.61. The molecule has 0 aliphatic rings. The van der Waals surface area contributed by atoms with E-state index in [1.807, 2.05) is 38.1 Å². The van der Waals surface area contributed by atoms with Crippen LogP contribution in [0.15, 0.2) is 30.3 Å². The van der Waals surface area contributed by atoms with Gasteiger partial charge in [-0.15, -0.1) is 0 Å². The van der Waals surface area contributed by atoms with Crippen LogP contribution >= 0.6 is 0 Å². The molecule has 2 nitrogen and oxygen atoms in total. The highest BCUT2D eigenvalue weighted by Crippen LogP contribution is 2.24. The van der Waals surface area contributed by atoms with Gasteiger partial charge in [-0.1, -0.05) is 30.3 Å². The van der Waals surface area contributed by atoms with Crippen LogP contribution < -0.4 is 5.73 Å². The normalized spacial score (nSPS) is 10.7. The molecular weight excluding hydrogens is 246 g/mol. The fourth-order valence-corrected chi connectivity index (χ4v) is 2.49. The first-order valence-corrected chi connectivity index (χ1v) is 6.86. The number of ketones is 1. The zero-order valence-electron chi connectivity index (χ0n) is 12.6. The van der Waals surface area contributed by atoms with Gasteiger partial charge >= 0.3 is 0 Å². The second-order valence-corrected chi connectivity index (χ2v) is 5.37. The maximum absolute atomic E-state index is 12.8. The molecule has 2 aromatic carbocycles. The first-order chi connectivity index (χ1) is 9.45. The third-order valence-corrected chi connectivity index (χ3v) is 4.04. The van der Waals surface area contributed by atoms with E-state index in [1.54, 1.807) is 0 Å². The van der Waals surface area contributed by atoms with E-state index in [4.69, 9.17) is 5.73 Å². The van der Waals surface area contributed by atoms with Crippen LogP contribution in [-0.2, 0) is 6.54 Å². The number of hydrogen-bond donors (Lipinski definition) is 1. The molecule has 2 aromatic rings. The molecular formula is C18H21NO. The van der Waals surface area contributed by atoms with Gasteiger partial charge in [0.2, 0.25) is 0 Å². The number of carbonyl (C=O) groups excluding carboxylic acids is 1. The highest BCUT2D eigenvalue weighted by Gasteiger charge is 2.17. The van der Waals surface area contributed by atoms with Crippen LogP contribution in [0.2, 0.25) is 0 Å². The standard InChI is InChI=1S/C18H21NO/c1-11-9-12(2)14(4)17(13(11)3)18(20)16-7-5-15(10-19)6-8-16/h5-9H,10,19H2,1-4H3. The van der Waals surface area contributed by atoms with Gasteiger partial charge in [-0.3, -0.25) is 4.79 Å². The highest BCUT2D eigenvalue weighted by molar-refractivity contribution is 6.11. The third kappa shape index (κ3) is 2.52. The molecule has 0 bridgehead atoms. The lowest BCUT2D eigenvalue weighted by atomic mass is 9.89. The molecule has 2 N–H and O–H groups in total. The first kappa shape index (κ1) is 14.5. The Morgan fingerprint density at radius 2 is 1.45 bits per heavy atom. The van der Waals surface area contributed by atoms with Crippen molar-refractivity contribution in [2.24, 2.45) is 5.73 Å². The lowest BCUT2D eigenvalue weighted by Crippen LogP contribution is -2.09. The average molecular weight is 267 g/mol. The zero-order valence-corrected chi connectivity index (χ0v) is 12.6. The molecule has 0 atom stereocenters. The molecule has 0 aliphatic carbocycles. The van der Waals surface area contributed by atoms with E-state index in [1.165, 1.54) is 0 Å². The van der Waals surface area contributed by atoms with Crippen LogP contribution in [0.1, 0.15) is 43.7 Å². The van der Waals surface area contributed by atoms with Gasteiger partial charge in [-0.2, -0.15) is 0 Å². The van der Waals surface area contributed by atoms with Crippen LogP contribution in [-0.4, -0.2) is 5.78 Å². The van der Waals surface area contributed by atoms with Crippen LogP contribution in [0.4, 0.5) is 0 Å². The number of aryl methyl sites for hydroxylation is 2. The van der Waals surface area contributed by atoms with Gasteiger partial charge < -0.3 is 5.73 Å². The summed E-state index contributed by atoms with van der Waals surface area (Å²) in [5.74, 6) is 0.0929. The van der Waals surface area contributed by atoms with E-state index in [0.717, 1.165) is 38.9 Å². The maximum Gasteiger partial charge on any atom is 0.193 e. The lowest BCUT2D eigenvalue weighted by molar-refractivity contribution is 0.103. The lowest BCUT2D eigenvalue weighted by Gasteiger charge is -2.14. The van der Waals surface area contributed by atoms with E-state index < -0.39 is 0 Å². The Labute approximate surface area is 120 Å². The van der Waals surface area contributed by atoms with Crippen molar-refractivity contribution in [2.75, 3.05) is 0 Å². The smallest absolute Gasteiger partial charge is 0.193 e. The monoisotopic (exact) mass is 267 g/mol. The molecule has 0 heterocycles. The molecule has 2 rings (SSSR count). The van der Waals surface area contributed by atoms with Crippen molar-refractivity contribution in [1.29, 1.82) is 0 Å². The summed E-state index contributed by atoms with van der Waals surface area (Å²) in [4.78, 5) is 12.8. The molecule has 0 fully saturated rings. The Kier molecular flexibility index (Phi) is 4.05. The van der Waals surface area contributed by atoms with Gasteiger partial charge in [-0.25, -0.2) is 0 Å². The first-order valence-electron chi connectivity index (χ1n) is 6.86. The number of nitrogens with two attached hydrogens (primary N) is 1. The molecule has 0 unspecified atom stereocenters. The predicted molar refractivity (Wildman–Crippen MR) is 83.2 cm³/mol. The number of hydrogen-bond acceptors (Lipinski definition) is 2. The summed E-state index contributed by atoms with van der Waals surface area (Å²) in [5, 5.41) is 0. The minimum atomic E-state index is 0.0929. The maximum atomic E-state index is 12.8. The van der Waals surface area contributed by atoms with Gasteiger partial charge in [0, 0.05) is 17.7 Å². The molecule has 0 amide bonds. The Balaban J connectivity index is 2.53. The summed E-state index contributed by atoms with van der Waals surface area (Å²) in [6.45, 7) is 8.63. The van der Waals surface area contributed by atoms with Crippen molar-refractivity contribution in [1.82, 2.24) is 0 Å². The molecule has 0 saturated heterocycles. The van der Waals surface area contributed by atoms with Crippen LogP contribution in [0.5, 0.6) is 0 Å². The number of benzene rings is 2. The fraction of sp³-hybridized carbons (Fsp3) is 0.278. The second-order valence-electron chi connectivity index (χ2n) is 5.37. The van der Waals surface area contributed by atoms with E-state index in [0.29, 0.717) is 6.54 Å². The van der Waals surface area contributed by atoms with Crippen LogP contribution in [0.3, 0.4) is 0 Å². The Morgan fingerprint density at radius 3 is 1.90 bits per heavy atom. The van der Waals surface area contributed by atoms with Gasteiger partial charge in [0.05, 0.1) is 0 Å². The largest absolute Gasteiger partial charge is 0.326 e. The number of carbonyl (C=O) groups is 1. The van der Waals surface area contributed by atoms with E-state index >= 15 is 0 Å². The molecule has 0 saturated carbocycles. The van der Waals surface area contributed by atoms with Gasteiger partial charge in [0.1, 0.15) is 0 Å². The minimum Gasteiger partial charge on any atom is -0.326 e. The van der Waals surface area contributed by atoms with Crippen molar-refractivity contribution in [2.45, 2.75) is 34.2 Å². The Morgan fingerprint density at radius 1 is 0.950 bits per heavy atom. The molecule has 0 aromatic heterocycles. The third-order valence-electron chi connectivity index (χ3n) is 4.04. The topological polar surface area (TPSA) is 43.1 Å². The van der Waals surface area contributed by atoms with Crippen LogP contribution in [0.25, 0.3) is 0 Å². The molecule has 20 heavy (non-hydrogen) atoms. The number of rotatable bonds is 3. The van der Waals surface area contributed by atoms with Crippen molar-refractivity contribution >= 4 is 5.78 Å². The Bertz CT molecular complexity index is 628. The summed E-state index contributed by atoms with van der Waals surface area (Å²) in [7, 11) is 0. The fourth-order valence-electron chi connectivity index (χ4n) is 2.49. The summed E-state index contributed by atoms with van der Waals surface area (Å²) in [6, 6.07) is 9.70. The summed E-state index contributed by atoms with van der Waals surface area (Å²) < 4.78 is 0. The summed E-state index contributed by atoms with van der Waals surface area (Å²) >= 11 is 0. The van der Waals surface area contributed by atoms with Crippen molar-refractivity contribution in [3.05, 3.63) is 69.3 Å². The van der Waals surface area contributed by atoms with Crippen molar-refractivity contribution in [3.8, 4) is 0 Å². The highest BCUT2D eigenvalue weighted by atomic mass is 16.1. The van der Waals surface area contributed by atoms with Gasteiger partial charge in [0.25, 0.3) is 0 Å². The molecule has 104 valence electrons. The summed E-state index contributed by atoms with van der Waals surface area (Å²) in [6.07, 6.45) is 0. The zero-order chi connectivity index (χ0) is 14.9. The van der Waals surface area contributed by atoms with E-state index in [-0.39, 0.29) is 5.78 Å². The van der Waals surface area contributed by atoms with Gasteiger partial charge in [-0.05, 0) is 55.5 Å².